The minimum absolute atomic E-state index is 0.00963. The molecule has 0 bridgehead atoms. The molecule has 0 aromatic carbocycles. The summed E-state index contributed by atoms with van der Waals surface area (Å²) in [4.78, 5) is 11.1. The number of carbonyl (C=O) groups excluding carboxylic acids is 1. The SMILES string of the molecule is CC#CCCNC(=O)C(C)CN. The van der Waals surface area contributed by atoms with E-state index in [0.29, 0.717) is 19.5 Å². The highest BCUT2D eigenvalue weighted by Crippen LogP contribution is 1.89. The second kappa shape index (κ2) is 6.68. The summed E-state index contributed by atoms with van der Waals surface area (Å²) in [6, 6.07) is 0. The summed E-state index contributed by atoms with van der Waals surface area (Å²) in [5.41, 5.74) is 5.31. The second-order valence-electron chi connectivity index (χ2n) is 2.60. The molecule has 0 saturated carbocycles. The van der Waals surface area contributed by atoms with E-state index in [2.05, 4.69) is 17.2 Å². The Kier molecular flexibility index (Phi) is 6.12. The Morgan fingerprint density at radius 2 is 2.33 bits per heavy atom. The Balaban J connectivity index is 3.48. The summed E-state index contributed by atoms with van der Waals surface area (Å²) < 4.78 is 0. The Bertz CT molecular complexity index is 190. The van der Waals surface area contributed by atoms with E-state index in [1.54, 1.807) is 13.8 Å². The van der Waals surface area contributed by atoms with E-state index >= 15 is 0 Å². The van der Waals surface area contributed by atoms with Gasteiger partial charge < -0.3 is 11.1 Å². The third-order valence-electron chi connectivity index (χ3n) is 1.53. The van der Waals surface area contributed by atoms with Crippen molar-refractivity contribution in [2.75, 3.05) is 13.1 Å². The fourth-order valence-electron chi connectivity index (χ4n) is 0.654. The molecule has 68 valence electrons. The molecule has 0 aromatic heterocycles. The van der Waals surface area contributed by atoms with E-state index in [9.17, 15) is 4.79 Å². The molecule has 1 atom stereocenters. The van der Waals surface area contributed by atoms with Crippen molar-refractivity contribution >= 4 is 5.91 Å². The molecule has 0 aromatic rings. The predicted molar refractivity (Wildman–Crippen MR) is 49.3 cm³/mol. The third kappa shape index (κ3) is 4.75. The first-order valence-electron chi connectivity index (χ1n) is 4.09. The van der Waals surface area contributed by atoms with E-state index in [-0.39, 0.29) is 11.8 Å². The van der Waals surface area contributed by atoms with E-state index < -0.39 is 0 Å². The maximum Gasteiger partial charge on any atom is 0.224 e. The maximum atomic E-state index is 11.1. The standard InChI is InChI=1S/C9H16N2O/c1-3-4-5-6-11-9(12)8(2)7-10/h8H,5-7,10H2,1-2H3,(H,11,12). The van der Waals surface area contributed by atoms with Crippen LogP contribution in [-0.2, 0) is 4.79 Å². The molecule has 0 aliphatic carbocycles. The van der Waals surface area contributed by atoms with Crippen LogP contribution in [0.4, 0.5) is 0 Å². The van der Waals surface area contributed by atoms with Gasteiger partial charge in [-0.2, -0.15) is 0 Å². The lowest BCUT2D eigenvalue weighted by Gasteiger charge is -2.07. The smallest absolute Gasteiger partial charge is 0.224 e. The molecule has 0 saturated heterocycles. The van der Waals surface area contributed by atoms with Gasteiger partial charge in [0.2, 0.25) is 5.91 Å². The van der Waals surface area contributed by atoms with Gasteiger partial charge in [-0.25, -0.2) is 0 Å². The molecule has 0 aliphatic heterocycles. The van der Waals surface area contributed by atoms with Crippen molar-refractivity contribution in [1.29, 1.82) is 0 Å². The average Bonchev–Trinajstić information content (AvgIpc) is 2.10. The summed E-state index contributed by atoms with van der Waals surface area (Å²) in [5.74, 6) is 5.54. The van der Waals surface area contributed by atoms with Crippen molar-refractivity contribution in [1.82, 2.24) is 5.32 Å². The highest BCUT2D eigenvalue weighted by molar-refractivity contribution is 5.78. The quantitative estimate of drug-likeness (QED) is 0.462. The first-order valence-corrected chi connectivity index (χ1v) is 4.09. The second-order valence-corrected chi connectivity index (χ2v) is 2.60. The number of carbonyl (C=O) groups is 1. The van der Waals surface area contributed by atoms with Crippen LogP contribution in [0.1, 0.15) is 20.3 Å². The lowest BCUT2D eigenvalue weighted by Crippen LogP contribution is -2.33. The first-order chi connectivity index (χ1) is 5.72. The Morgan fingerprint density at radius 3 is 2.83 bits per heavy atom. The van der Waals surface area contributed by atoms with Gasteiger partial charge in [-0.05, 0) is 6.92 Å². The summed E-state index contributed by atoms with van der Waals surface area (Å²) in [6.45, 7) is 4.60. The summed E-state index contributed by atoms with van der Waals surface area (Å²) in [6.07, 6.45) is 0.708. The molecular formula is C9H16N2O. The molecule has 3 heteroatoms. The molecule has 12 heavy (non-hydrogen) atoms. The average molecular weight is 168 g/mol. The zero-order chi connectivity index (χ0) is 9.40. The minimum Gasteiger partial charge on any atom is -0.355 e. The van der Waals surface area contributed by atoms with Crippen LogP contribution in [0.5, 0.6) is 0 Å². The number of hydrogen-bond donors (Lipinski definition) is 2. The predicted octanol–water partition coefficient (Wildman–Crippen LogP) is 0.111. The highest BCUT2D eigenvalue weighted by Gasteiger charge is 2.08. The largest absolute Gasteiger partial charge is 0.355 e. The molecule has 0 spiro atoms. The van der Waals surface area contributed by atoms with Gasteiger partial charge >= 0.3 is 0 Å². The third-order valence-corrected chi connectivity index (χ3v) is 1.53. The minimum atomic E-state index is -0.0976. The van der Waals surface area contributed by atoms with Gasteiger partial charge in [-0.15, -0.1) is 11.8 Å². The van der Waals surface area contributed by atoms with Crippen LogP contribution in [0.3, 0.4) is 0 Å². The molecule has 0 radical (unpaired) electrons. The van der Waals surface area contributed by atoms with Crippen molar-refractivity contribution in [3.05, 3.63) is 0 Å². The molecule has 0 aliphatic rings. The van der Waals surface area contributed by atoms with Gasteiger partial charge in [0.15, 0.2) is 0 Å². The van der Waals surface area contributed by atoms with Crippen molar-refractivity contribution in [2.45, 2.75) is 20.3 Å². The Labute approximate surface area is 73.7 Å². The number of rotatable bonds is 4. The normalized spacial score (nSPS) is 11.2. The lowest BCUT2D eigenvalue weighted by molar-refractivity contribution is -0.124. The number of nitrogens with two attached hydrogens (primary N) is 1. The van der Waals surface area contributed by atoms with E-state index in [4.69, 9.17) is 5.73 Å². The Hall–Kier alpha value is -1.01. The van der Waals surface area contributed by atoms with Crippen molar-refractivity contribution in [3.8, 4) is 11.8 Å². The first kappa shape index (κ1) is 11.0. The van der Waals surface area contributed by atoms with Crippen molar-refractivity contribution < 1.29 is 4.79 Å². The molecule has 0 fully saturated rings. The van der Waals surface area contributed by atoms with Crippen LogP contribution in [0.15, 0.2) is 0 Å². The summed E-state index contributed by atoms with van der Waals surface area (Å²) in [5, 5.41) is 2.75. The van der Waals surface area contributed by atoms with Crippen LogP contribution >= 0.6 is 0 Å². The fraction of sp³-hybridized carbons (Fsp3) is 0.667. The van der Waals surface area contributed by atoms with Gasteiger partial charge in [0.05, 0.1) is 0 Å². The molecule has 0 rings (SSSR count). The van der Waals surface area contributed by atoms with Crippen molar-refractivity contribution in [2.24, 2.45) is 11.7 Å². The molecule has 1 amide bonds. The number of amides is 1. The molecule has 3 N–H and O–H groups in total. The van der Waals surface area contributed by atoms with E-state index in [1.165, 1.54) is 0 Å². The van der Waals surface area contributed by atoms with E-state index in [1.807, 2.05) is 0 Å². The summed E-state index contributed by atoms with van der Waals surface area (Å²) in [7, 11) is 0. The van der Waals surface area contributed by atoms with Crippen LogP contribution in [-0.4, -0.2) is 19.0 Å². The van der Waals surface area contributed by atoms with Crippen LogP contribution < -0.4 is 11.1 Å². The van der Waals surface area contributed by atoms with Crippen LogP contribution in [0.2, 0.25) is 0 Å². The molecular weight excluding hydrogens is 152 g/mol. The van der Waals surface area contributed by atoms with Gasteiger partial charge in [0.1, 0.15) is 0 Å². The topological polar surface area (TPSA) is 55.1 Å². The van der Waals surface area contributed by atoms with Gasteiger partial charge in [-0.3, -0.25) is 4.79 Å². The van der Waals surface area contributed by atoms with Crippen LogP contribution in [0, 0.1) is 17.8 Å². The van der Waals surface area contributed by atoms with Gasteiger partial charge in [-0.1, -0.05) is 6.92 Å². The van der Waals surface area contributed by atoms with Crippen LogP contribution in [0.25, 0.3) is 0 Å². The van der Waals surface area contributed by atoms with Gasteiger partial charge in [0, 0.05) is 25.4 Å². The zero-order valence-corrected chi connectivity index (χ0v) is 7.68. The Morgan fingerprint density at radius 1 is 1.67 bits per heavy atom. The maximum absolute atomic E-state index is 11.1. The fourth-order valence-corrected chi connectivity index (χ4v) is 0.654. The van der Waals surface area contributed by atoms with Crippen molar-refractivity contribution in [3.63, 3.8) is 0 Å². The molecule has 0 heterocycles. The zero-order valence-electron chi connectivity index (χ0n) is 7.68. The van der Waals surface area contributed by atoms with Gasteiger partial charge in [0.25, 0.3) is 0 Å². The number of nitrogens with one attached hydrogen (secondary N) is 1. The number of hydrogen-bond acceptors (Lipinski definition) is 2. The lowest BCUT2D eigenvalue weighted by atomic mass is 10.2. The van der Waals surface area contributed by atoms with E-state index in [0.717, 1.165) is 0 Å². The molecule has 1 unspecified atom stereocenters. The highest BCUT2D eigenvalue weighted by atomic mass is 16.1. The summed E-state index contributed by atoms with van der Waals surface area (Å²) >= 11 is 0. The molecule has 3 nitrogen and oxygen atoms in total. The monoisotopic (exact) mass is 168 g/mol.